The zero-order valence-electron chi connectivity index (χ0n) is 17.2. The van der Waals surface area contributed by atoms with E-state index in [9.17, 15) is 9.59 Å². The number of benzene rings is 1. The molecule has 8 heteroatoms. The molecule has 3 aromatic rings. The minimum atomic E-state index is -0.0750. The number of thiophene rings is 1. The summed E-state index contributed by atoms with van der Waals surface area (Å²) >= 11 is 1.42. The van der Waals surface area contributed by atoms with Crippen molar-refractivity contribution in [3.8, 4) is 0 Å². The Hall–Kier alpha value is -3.00. The number of hydrogen-bond acceptors (Lipinski definition) is 5. The lowest BCUT2D eigenvalue weighted by molar-refractivity contribution is 0.0711. The van der Waals surface area contributed by atoms with E-state index in [4.69, 9.17) is 0 Å². The van der Waals surface area contributed by atoms with Gasteiger partial charge in [0.1, 0.15) is 5.82 Å². The highest BCUT2D eigenvalue weighted by atomic mass is 32.1. The fourth-order valence-corrected chi connectivity index (χ4v) is 4.62. The van der Waals surface area contributed by atoms with Crippen LogP contribution in [-0.4, -0.2) is 45.0 Å². The second kappa shape index (κ2) is 8.63. The highest BCUT2D eigenvalue weighted by Gasteiger charge is 2.30. The zero-order chi connectivity index (χ0) is 21.2. The first kappa shape index (κ1) is 19.9. The summed E-state index contributed by atoms with van der Waals surface area (Å²) in [7, 11) is 0. The Balaban J connectivity index is 1.13. The number of piperidine rings is 1. The van der Waals surface area contributed by atoms with E-state index in [-0.39, 0.29) is 11.8 Å². The van der Waals surface area contributed by atoms with E-state index in [0.29, 0.717) is 28.8 Å². The molecular formula is C23H25N5O2S. The molecule has 7 nitrogen and oxygen atoms in total. The van der Waals surface area contributed by atoms with E-state index in [0.717, 1.165) is 43.1 Å². The number of amides is 2. The first-order chi connectivity index (χ1) is 15.2. The van der Waals surface area contributed by atoms with Crippen molar-refractivity contribution in [2.75, 3.05) is 13.1 Å². The standard InChI is InChI=1S/C23H25N5O2S/c29-22(19-2-1-13-31-19)24-14-15-3-5-18(6-4-15)23(30)28-11-9-17(10-12-28)21-25-20(26-27-21)16-7-8-16/h1-6,13,16-17H,7-12,14H2,(H,24,29)(H,25,26,27). The molecule has 3 heterocycles. The molecule has 0 spiro atoms. The zero-order valence-corrected chi connectivity index (χ0v) is 18.0. The Morgan fingerprint density at radius 3 is 2.52 bits per heavy atom. The van der Waals surface area contributed by atoms with Crippen LogP contribution in [0.3, 0.4) is 0 Å². The van der Waals surface area contributed by atoms with Crippen LogP contribution in [0.2, 0.25) is 0 Å². The maximum atomic E-state index is 12.9. The molecule has 0 radical (unpaired) electrons. The van der Waals surface area contributed by atoms with Gasteiger partial charge in [-0.2, -0.15) is 5.10 Å². The molecule has 5 rings (SSSR count). The predicted molar refractivity (Wildman–Crippen MR) is 118 cm³/mol. The number of H-pyrrole nitrogens is 1. The van der Waals surface area contributed by atoms with Crippen LogP contribution in [0.15, 0.2) is 41.8 Å². The molecule has 0 atom stereocenters. The van der Waals surface area contributed by atoms with Crippen molar-refractivity contribution < 1.29 is 9.59 Å². The molecule has 0 bridgehead atoms. The summed E-state index contributed by atoms with van der Waals surface area (Å²) in [6, 6.07) is 11.2. The van der Waals surface area contributed by atoms with E-state index >= 15 is 0 Å². The van der Waals surface area contributed by atoms with Crippen LogP contribution in [0, 0.1) is 0 Å². The molecule has 2 N–H and O–H groups in total. The van der Waals surface area contributed by atoms with Crippen molar-refractivity contribution in [3.05, 3.63) is 69.4 Å². The molecule has 2 aromatic heterocycles. The van der Waals surface area contributed by atoms with Crippen LogP contribution >= 0.6 is 11.3 Å². The minimum Gasteiger partial charge on any atom is -0.347 e. The largest absolute Gasteiger partial charge is 0.347 e. The first-order valence-electron chi connectivity index (χ1n) is 10.8. The number of rotatable bonds is 6. The van der Waals surface area contributed by atoms with E-state index in [2.05, 4.69) is 20.5 Å². The summed E-state index contributed by atoms with van der Waals surface area (Å²) in [6.07, 6.45) is 4.20. The Bertz CT molecular complexity index is 1050. The number of carbonyl (C=O) groups excluding carboxylic acids is 2. The van der Waals surface area contributed by atoms with Crippen LogP contribution in [-0.2, 0) is 6.54 Å². The van der Waals surface area contributed by atoms with E-state index in [1.54, 1.807) is 6.07 Å². The number of carbonyl (C=O) groups is 2. The van der Waals surface area contributed by atoms with Gasteiger partial charge in [-0.15, -0.1) is 11.3 Å². The number of aromatic amines is 1. The lowest BCUT2D eigenvalue weighted by atomic mass is 9.95. The topological polar surface area (TPSA) is 91.0 Å². The van der Waals surface area contributed by atoms with E-state index < -0.39 is 0 Å². The fraction of sp³-hybridized carbons (Fsp3) is 0.391. The molecule has 2 amide bonds. The third-order valence-electron chi connectivity index (χ3n) is 6.03. The molecule has 1 aliphatic heterocycles. The van der Waals surface area contributed by atoms with Crippen molar-refractivity contribution in [1.82, 2.24) is 25.4 Å². The average molecular weight is 436 g/mol. The number of hydrogen-bond donors (Lipinski definition) is 2. The highest BCUT2D eigenvalue weighted by Crippen LogP contribution is 2.38. The van der Waals surface area contributed by atoms with E-state index in [1.807, 2.05) is 40.6 Å². The number of likely N-dealkylation sites (tertiary alicyclic amines) is 1. The van der Waals surface area contributed by atoms with Crippen LogP contribution < -0.4 is 5.32 Å². The third-order valence-corrected chi connectivity index (χ3v) is 6.90. The predicted octanol–water partition coefficient (Wildman–Crippen LogP) is 3.69. The number of nitrogens with zero attached hydrogens (tertiary/aromatic N) is 3. The average Bonchev–Trinajstić information content (AvgIpc) is 3.29. The minimum absolute atomic E-state index is 0.0591. The van der Waals surface area contributed by atoms with Gasteiger partial charge in [-0.05, 0) is 54.8 Å². The normalized spacial score (nSPS) is 17.0. The van der Waals surface area contributed by atoms with Gasteiger partial charge in [0.25, 0.3) is 11.8 Å². The Labute approximate surface area is 184 Å². The van der Waals surface area contributed by atoms with Crippen molar-refractivity contribution in [2.45, 2.75) is 44.1 Å². The fourth-order valence-electron chi connectivity index (χ4n) is 3.98. The van der Waals surface area contributed by atoms with Gasteiger partial charge in [0, 0.05) is 37.0 Å². The van der Waals surface area contributed by atoms with Crippen molar-refractivity contribution in [1.29, 1.82) is 0 Å². The summed E-state index contributed by atoms with van der Waals surface area (Å²) < 4.78 is 0. The van der Waals surface area contributed by atoms with Gasteiger partial charge in [-0.3, -0.25) is 14.7 Å². The van der Waals surface area contributed by atoms with Gasteiger partial charge >= 0.3 is 0 Å². The van der Waals surface area contributed by atoms with Crippen LogP contribution in [0.1, 0.15) is 74.8 Å². The van der Waals surface area contributed by atoms with Gasteiger partial charge < -0.3 is 10.2 Å². The summed E-state index contributed by atoms with van der Waals surface area (Å²) in [5, 5.41) is 12.3. The number of aromatic nitrogens is 3. The Morgan fingerprint density at radius 2 is 1.84 bits per heavy atom. The van der Waals surface area contributed by atoms with Gasteiger partial charge in [0.2, 0.25) is 0 Å². The molecule has 31 heavy (non-hydrogen) atoms. The van der Waals surface area contributed by atoms with Gasteiger partial charge in [-0.25, -0.2) is 4.98 Å². The van der Waals surface area contributed by atoms with Crippen LogP contribution in [0.25, 0.3) is 0 Å². The molecule has 0 unspecified atom stereocenters. The third kappa shape index (κ3) is 4.54. The summed E-state index contributed by atoms with van der Waals surface area (Å²) in [5.74, 6) is 2.82. The SMILES string of the molecule is O=C(NCc1ccc(C(=O)N2CCC(c3nc(C4CC4)n[nH]3)CC2)cc1)c1cccs1. The molecule has 1 saturated carbocycles. The molecule has 2 fully saturated rings. The summed E-state index contributed by atoms with van der Waals surface area (Å²) in [4.78, 5) is 32.3. The van der Waals surface area contributed by atoms with Gasteiger partial charge in [0.05, 0.1) is 4.88 Å². The maximum absolute atomic E-state index is 12.9. The summed E-state index contributed by atoms with van der Waals surface area (Å²) in [5.41, 5.74) is 1.65. The second-order valence-corrected chi connectivity index (χ2v) is 9.22. The monoisotopic (exact) mass is 435 g/mol. The molecule has 2 aliphatic rings. The molecule has 1 aromatic carbocycles. The second-order valence-electron chi connectivity index (χ2n) is 8.28. The number of nitrogens with one attached hydrogen (secondary N) is 2. The lowest BCUT2D eigenvalue weighted by Gasteiger charge is -2.31. The Morgan fingerprint density at radius 1 is 1.06 bits per heavy atom. The highest BCUT2D eigenvalue weighted by molar-refractivity contribution is 7.12. The molecule has 1 aliphatic carbocycles. The van der Waals surface area contributed by atoms with Gasteiger partial charge in [-0.1, -0.05) is 18.2 Å². The maximum Gasteiger partial charge on any atom is 0.261 e. The van der Waals surface area contributed by atoms with Crippen molar-refractivity contribution >= 4 is 23.2 Å². The van der Waals surface area contributed by atoms with Crippen LogP contribution in [0.4, 0.5) is 0 Å². The molecule has 1 saturated heterocycles. The van der Waals surface area contributed by atoms with E-state index in [1.165, 1.54) is 24.2 Å². The quantitative estimate of drug-likeness (QED) is 0.618. The molecular weight excluding hydrogens is 410 g/mol. The van der Waals surface area contributed by atoms with Gasteiger partial charge in [0.15, 0.2) is 5.82 Å². The van der Waals surface area contributed by atoms with Crippen molar-refractivity contribution in [3.63, 3.8) is 0 Å². The summed E-state index contributed by atoms with van der Waals surface area (Å²) in [6.45, 7) is 1.89. The smallest absolute Gasteiger partial charge is 0.261 e. The lowest BCUT2D eigenvalue weighted by Crippen LogP contribution is -2.38. The Kier molecular flexibility index (Phi) is 5.55. The van der Waals surface area contributed by atoms with Crippen molar-refractivity contribution in [2.24, 2.45) is 0 Å². The van der Waals surface area contributed by atoms with Crippen LogP contribution in [0.5, 0.6) is 0 Å². The first-order valence-corrected chi connectivity index (χ1v) is 11.7. The molecule has 160 valence electrons.